The maximum Gasteiger partial charge on any atom is 0.252 e. The van der Waals surface area contributed by atoms with Crippen LogP contribution in [0.3, 0.4) is 0 Å². The first-order valence-electron chi connectivity index (χ1n) is 5.98. The van der Waals surface area contributed by atoms with Crippen LogP contribution in [0, 0.1) is 0 Å². The van der Waals surface area contributed by atoms with E-state index in [9.17, 15) is 4.79 Å². The van der Waals surface area contributed by atoms with Crippen LogP contribution in [0.1, 0.15) is 15.9 Å². The lowest BCUT2D eigenvalue weighted by molar-refractivity contribution is 0.100. The summed E-state index contributed by atoms with van der Waals surface area (Å²) in [6, 6.07) is 9.47. The van der Waals surface area contributed by atoms with Crippen molar-refractivity contribution in [2.24, 2.45) is 5.73 Å². The van der Waals surface area contributed by atoms with Crippen LogP contribution in [0.5, 0.6) is 0 Å². The minimum absolute atomic E-state index is 0.322. The molecule has 0 radical (unpaired) electrons. The van der Waals surface area contributed by atoms with Crippen molar-refractivity contribution in [1.82, 2.24) is 4.98 Å². The molecule has 6 heteroatoms. The third-order valence-corrected chi connectivity index (χ3v) is 3.32. The van der Waals surface area contributed by atoms with Crippen molar-refractivity contribution in [1.29, 1.82) is 0 Å². The standard InChI is InChI=1S/C14H15BrN4O/c1-19(8-9-3-2-4-10(15)5-9)14-12(13(17)20)6-11(16)7-18-14/h2-7H,8,16H2,1H3,(H2,17,20). The zero-order valence-electron chi connectivity index (χ0n) is 11.0. The van der Waals surface area contributed by atoms with Gasteiger partial charge < -0.3 is 16.4 Å². The zero-order chi connectivity index (χ0) is 14.7. The molecule has 1 heterocycles. The second kappa shape index (κ2) is 5.92. The second-order valence-corrected chi connectivity index (χ2v) is 5.41. The third kappa shape index (κ3) is 3.27. The Balaban J connectivity index is 2.29. The van der Waals surface area contributed by atoms with Gasteiger partial charge in [-0.25, -0.2) is 4.98 Å². The number of amides is 1. The fourth-order valence-corrected chi connectivity index (χ4v) is 2.39. The summed E-state index contributed by atoms with van der Waals surface area (Å²) >= 11 is 3.43. The second-order valence-electron chi connectivity index (χ2n) is 4.49. The van der Waals surface area contributed by atoms with E-state index >= 15 is 0 Å². The number of benzene rings is 1. The van der Waals surface area contributed by atoms with Crippen LogP contribution in [0.2, 0.25) is 0 Å². The summed E-state index contributed by atoms with van der Waals surface area (Å²) in [5, 5.41) is 0. The summed E-state index contributed by atoms with van der Waals surface area (Å²) in [5.41, 5.74) is 12.8. The molecular weight excluding hydrogens is 320 g/mol. The van der Waals surface area contributed by atoms with Crippen LogP contribution in [0.25, 0.3) is 0 Å². The van der Waals surface area contributed by atoms with E-state index in [1.54, 1.807) is 6.07 Å². The number of pyridine rings is 1. The average Bonchev–Trinajstić information content (AvgIpc) is 2.38. The first-order chi connectivity index (χ1) is 9.47. The summed E-state index contributed by atoms with van der Waals surface area (Å²) in [6.07, 6.45) is 1.51. The maximum atomic E-state index is 11.5. The first kappa shape index (κ1) is 14.3. The van der Waals surface area contributed by atoms with Gasteiger partial charge in [0.25, 0.3) is 5.91 Å². The van der Waals surface area contributed by atoms with Gasteiger partial charge >= 0.3 is 0 Å². The summed E-state index contributed by atoms with van der Waals surface area (Å²) in [4.78, 5) is 17.5. The molecule has 20 heavy (non-hydrogen) atoms. The Morgan fingerprint density at radius 3 is 2.80 bits per heavy atom. The van der Waals surface area contributed by atoms with Crippen LogP contribution in [0.4, 0.5) is 11.5 Å². The molecule has 0 fully saturated rings. The van der Waals surface area contributed by atoms with Gasteiger partial charge in [0.05, 0.1) is 17.4 Å². The summed E-state index contributed by atoms with van der Waals surface area (Å²) in [6.45, 7) is 0.608. The van der Waals surface area contributed by atoms with Gasteiger partial charge in [-0.2, -0.15) is 0 Å². The van der Waals surface area contributed by atoms with Crippen molar-refractivity contribution in [3.8, 4) is 0 Å². The molecule has 0 spiro atoms. The maximum absolute atomic E-state index is 11.5. The van der Waals surface area contributed by atoms with Crippen molar-refractivity contribution < 1.29 is 4.79 Å². The number of rotatable bonds is 4. The molecule has 1 amide bonds. The Morgan fingerprint density at radius 2 is 2.15 bits per heavy atom. The Labute approximate surface area is 125 Å². The number of halogens is 1. The highest BCUT2D eigenvalue weighted by molar-refractivity contribution is 9.10. The molecule has 2 rings (SSSR count). The number of primary amides is 1. The molecule has 0 aliphatic carbocycles. The first-order valence-corrected chi connectivity index (χ1v) is 6.77. The van der Waals surface area contributed by atoms with Crippen LogP contribution in [0.15, 0.2) is 41.0 Å². The molecule has 0 saturated heterocycles. The lowest BCUT2D eigenvalue weighted by atomic mass is 10.2. The van der Waals surface area contributed by atoms with Crippen molar-refractivity contribution >= 4 is 33.3 Å². The van der Waals surface area contributed by atoms with Gasteiger partial charge in [-0.15, -0.1) is 0 Å². The Kier molecular flexibility index (Phi) is 4.24. The summed E-state index contributed by atoms with van der Waals surface area (Å²) in [5.74, 6) is -0.0208. The minimum atomic E-state index is -0.541. The van der Waals surface area contributed by atoms with E-state index < -0.39 is 5.91 Å². The number of hydrogen-bond acceptors (Lipinski definition) is 4. The molecule has 5 nitrogen and oxygen atoms in total. The van der Waals surface area contributed by atoms with E-state index in [1.807, 2.05) is 36.2 Å². The number of carbonyl (C=O) groups is 1. The van der Waals surface area contributed by atoms with Crippen LogP contribution >= 0.6 is 15.9 Å². The van der Waals surface area contributed by atoms with Gasteiger partial charge in [-0.1, -0.05) is 28.1 Å². The zero-order valence-corrected chi connectivity index (χ0v) is 12.6. The van der Waals surface area contributed by atoms with Gasteiger partial charge in [-0.05, 0) is 23.8 Å². The lowest BCUT2D eigenvalue weighted by Crippen LogP contribution is -2.23. The van der Waals surface area contributed by atoms with E-state index in [1.165, 1.54) is 6.20 Å². The number of hydrogen-bond donors (Lipinski definition) is 2. The van der Waals surface area contributed by atoms with Crippen molar-refractivity contribution in [2.45, 2.75) is 6.54 Å². The number of carbonyl (C=O) groups excluding carboxylic acids is 1. The molecule has 0 bridgehead atoms. The monoisotopic (exact) mass is 334 g/mol. The van der Waals surface area contributed by atoms with E-state index in [0.29, 0.717) is 23.6 Å². The molecule has 0 aliphatic heterocycles. The van der Waals surface area contributed by atoms with Crippen molar-refractivity contribution in [2.75, 3.05) is 17.7 Å². The molecule has 4 N–H and O–H groups in total. The fourth-order valence-electron chi connectivity index (χ4n) is 1.94. The van der Waals surface area contributed by atoms with Crippen LogP contribution < -0.4 is 16.4 Å². The number of aromatic nitrogens is 1. The quantitative estimate of drug-likeness (QED) is 0.897. The van der Waals surface area contributed by atoms with Gasteiger partial charge in [0.2, 0.25) is 0 Å². The van der Waals surface area contributed by atoms with E-state index in [2.05, 4.69) is 20.9 Å². The highest BCUT2D eigenvalue weighted by Gasteiger charge is 2.14. The minimum Gasteiger partial charge on any atom is -0.397 e. The Bertz CT molecular complexity index is 645. The Hall–Kier alpha value is -2.08. The Morgan fingerprint density at radius 1 is 1.40 bits per heavy atom. The van der Waals surface area contributed by atoms with Gasteiger partial charge in [0.1, 0.15) is 5.82 Å². The van der Waals surface area contributed by atoms with Crippen LogP contribution in [-0.2, 0) is 6.54 Å². The SMILES string of the molecule is CN(Cc1cccc(Br)c1)c1ncc(N)cc1C(N)=O. The van der Waals surface area contributed by atoms with Gasteiger partial charge in [0, 0.05) is 18.1 Å². The van der Waals surface area contributed by atoms with E-state index in [-0.39, 0.29) is 0 Å². The topological polar surface area (TPSA) is 85.2 Å². The van der Waals surface area contributed by atoms with Crippen LogP contribution in [-0.4, -0.2) is 17.9 Å². The third-order valence-electron chi connectivity index (χ3n) is 2.82. The smallest absolute Gasteiger partial charge is 0.252 e. The van der Waals surface area contributed by atoms with Crippen molar-refractivity contribution in [3.05, 3.63) is 52.1 Å². The molecule has 0 aliphatic rings. The highest BCUT2D eigenvalue weighted by atomic mass is 79.9. The van der Waals surface area contributed by atoms with E-state index in [0.717, 1.165) is 10.0 Å². The molecule has 1 aromatic heterocycles. The molecule has 0 atom stereocenters. The molecular formula is C14H15BrN4O. The molecule has 104 valence electrons. The van der Waals surface area contributed by atoms with E-state index in [4.69, 9.17) is 11.5 Å². The number of anilines is 2. The summed E-state index contributed by atoms with van der Waals surface area (Å²) < 4.78 is 1.00. The molecule has 0 saturated carbocycles. The highest BCUT2D eigenvalue weighted by Crippen LogP contribution is 2.21. The number of nitrogens with zero attached hydrogens (tertiary/aromatic N) is 2. The molecule has 2 aromatic rings. The normalized spacial score (nSPS) is 10.3. The van der Waals surface area contributed by atoms with Gasteiger partial charge in [0.15, 0.2) is 0 Å². The predicted octanol–water partition coefficient (Wildman–Crippen LogP) is 2.16. The predicted molar refractivity (Wildman–Crippen MR) is 83.4 cm³/mol. The van der Waals surface area contributed by atoms with Crippen molar-refractivity contribution in [3.63, 3.8) is 0 Å². The number of nitrogen functional groups attached to an aromatic ring is 1. The average molecular weight is 335 g/mol. The largest absolute Gasteiger partial charge is 0.397 e. The number of nitrogens with two attached hydrogens (primary N) is 2. The molecule has 0 unspecified atom stereocenters. The lowest BCUT2D eigenvalue weighted by Gasteiger charge is -2.20. The summed E-state index contributed by atoms with van der Waals surface area (Å²) in [7, 11) is 1.85. The van der Waals surface area contributed by atoms with Gasteiger partial charge in [-0.3, -0.25) is 4.79 Å². The molecule has 1 aromatic carbocycles. The fraction of sp³-hybridized carbons (Fsp3) is 0.143.